The van der Waals surface area contributed by atoms with Crippen molar-refractivity contribution in [2.75, 3.05) is 35.7 Å². The number of anilines is 3. The zero-order valence-corrected chi connectivity index (χ0v) is 13.3. The molecule has 0 aliphatic carbocycles. The van der Waals surface area contributed by atoms with E-state index in [4.69, 9.17) is 5.11 Å². The third kappa shape index (κ3) is 6.24. The summed E-state index contributed by atoms with van der Waals surface area (Å²) in [5.41, 5.74) is -0.179. The van der Waals surface area contributed by atoms with Crippen molar-refractivity contribution >= 4 is 23.8 Å². The summed E-state index contributed by atoms with van der Waals surface area (Å²) in [6.07, 6.45) is 0.0285. The van der Waals surface area contributed by atoms with Gasteiger partial charge in [0.15, 0.2) is 0 Å². The van der Waals surface area contributed by atoms with Crippen molar-refractivity contribution in [3.05, 3.63) is 0 Å². The molecule has 1 rings (SSSR count). The van der Waals surface area contributed by atoms with Crippen LogP contribution in [-0.4, -0.2) is 51.7 Å². The second kappa shape index (κ2) is 7.05. The van der Waals surface area contributed by atoms with Gasteiger partial charge in [-0.05, 0) is 27.7 Å². The second-order valence-electron chi connectivity index (χ2n) is 5.75. The highest BCUT2D eigenvalue weighted by atomic mass is 16.4. The van der Waals surface area contributed by atoms with E-state index in [0.29, 0.717) is 30.9 Å². The van der Waals surface area contributed by atoms with E-state index in [2.05, 4.69) is 25.6 Å². The van der Waals surface area contributed by atoms with Gasteiger partial charge in [0.1, 0.15) is 0 Å². The second-order valence-corrected chi connectivity index (χ2v) is 5.75. The Balaban J connectivity index is 2.98. The van der Waals surface area contributed by atoms with Gasteiger partial charge in [-0.2, -0.15) is 15.0 Å². The van der Waals surface area contributed by atoms with E-state index in [1.165, 1.54) is 0 Å². The predicted octanol–water partition coefficient (Wildman–Crippen LogP) is 1.42. The Bertz CT molecular complexity index is 486. The maximum absolute atomic E-state index is 10.7. The van der Waals surface area contributed by atoms with Crippen LogP contribution < -0.4 is 15.5 Å². The fraction of sp³-hybridized carbons (Fsp3) is 0.692. The molecular formula is C13H24N6O2. The maximum Gasteiger partial charge on any atom is 0.305 e. The van der Waals surface area contributed by atoms with E-state index in [-0.39, 0.29) is 12.0 Å². The fourth-order valence-electron chi connectivity index (χ4n) is 1.53. The first-order valence-corrected chi connectivity index (χ1v) is 6.92. The number of nitrogens with one attached hydrogen (secondary N) is 2. The molecule has 118 valence electrons. The Morgan fingerprint density at radius 3 is 2.38 bits per heavy atom. The summed E-state index contributed by atoms with van der Waals surface area (Å²) in [4.78, 5) is 25.3. The molecule has 1 aromatic heterocycles. The summed E-state index contributed by atoms with van der Waals surface area (Å²) < 4.78 is 0. The average molecular weight is 296 g/mol. The lowest BCUT2D eigenvalue weighted by molar-refractivity contribution is -0.136. The lowest BCUT2D eigenvalue weighted by atomic mass is 10.1. The van der Waals surface area contributed by atoms with Crippen molar-refractivity contribution in [2.45, 2.75) is 39.7 Å². The van der Waals surface area contributed by atoms with Gasteiger partial charge in [-0.1, -0.05) is 0 Å². The third-order valence-corrected chi connectivity index (χ3v) is 2.45. The molecule has 0 aliphatic heterocycles. The summed E-state index contributed by atoms with van der Waals surface area (Å²) in [5, 5.41) is 15.0. The van der Waals surface area contributed by atoms with Gasteiger partial charge in [-0.15, -0.1) is 0 Å². The van der Waals surface area contributed by atoms with Crippen molar-refractivity contribution < 1.29 is 9.90 Å². The Hall–Kier alpha value is -2.12. The van der Waals surface area contributed by atoms with Gasteiger partial charge in [-0.25, -0.2) is 0 Å². The van der Waals surface area contributed by atoms with Crippen LogP contribution in [-0.2, 0) is 4.79 Å². The van der Waals surface area contributed by atoms with E-state index < -0.39 is 5.97 Å². The number of carboxylic acid groups (broad SMARTS) is 1. The van der Waals surface area contributed by atoms with Crippen LogP contribution in [0.3, 0.4) is 0 Å². The lowest BCUT2D eigenvalue weighted by Gasteiger charge is -2.22. The van der Waals surface area contributed by atoms with E-state index in [0.717, 1.165) is 0 Å². The molecular weight excluding hydrogens is 272 g/mol. The van der Waals surface area contributed by atoms with Crippen LogP contribution in [0.25, 0.3) is 0 Å². The Kier molecular flexibility index (Phi) is 5.69. The van der Waals surface area contributed by atoms with Gasteiger partial charge in [0.25, 0.3) is 0 Å². The molecule has 0 atom stereocenters. The highest BCUT2D eigenvalue weighted by Gasteiger charge is 2.15. The van der Waals surface area contributed by atoms with Gasteiger partial charge in [0.05, 0.1) is 6.42 Å². The first-order valence-electron chi connectivity index (χ1n) is 6.92. The molecule has 21 heavy (non-hydrogen) atoms. The Morgan fingerprint density at radius 2 is 1.86 bits per heavy atom. The minimum Gasteiger partial charge on any atom is -0.481 e. The molecule has 0 aliphatic rings. The number of rotatable bonds is 7. The highest BCUT2D eigenvalue weighted by Crippen LogP contribution is 2.16. The first-order chi connectivity index (χ1) is 9.71. The molecule has 0 saturated heterocycles. The SMILES string of the molecule is CCNc1nc(NC(C)(C)C)nc(N(C)CCC(=O)O)n1. The summed E-state index contributed by atoms with van der Waals surface area (Å²) in [6.45, 7) is 9.01. The van der Waals surface area contributed by atoms with Crippen molar-refractivity contribution in [2.24, 2.45) is 0 Å². The molecule has 0 radical (unpaired) electrons. The molecule has 1 heterocycles. The number of carboxylic acids is 1. The quantitative estimate of drug-likeness (QED) is 0.694. The first kappa shape index (κ1) is 16.9. The van der Waals surface area contributed by atoms with Crippen LogP contribution in [0.1, 0.15) is 34.1 Å². The summed E-state index contributed by atoms with van der Waals surface area (Å²) in [7, 11) is 1.76. The molecule has 8 nitrogen and oxygen atoms in total. The molecule has 0 spiro atoms. The molecule has 8 heteroatoms. The van der Waals surface area contributed by atoms with Crippen LogP contribution in [0.5, 0.6) is 0 Å². The number of aliphatic carboxylic acids is 1. The van der Waals surface area contributed by atoms with Crippen molar-refractivity contribution in [3.8, 4) is 0 Å². The van der Waals surface area contributed by atoms with Crippen LogP contribution in [0, 0.1) is 0 Å². The molecule has 1 aromatic rings. The number of hydrogen-bond donors (Lipinski definition) is 3. The fourth-order valence-corrected chi connectivity index (χ4v) is 1.53. The topological polar surface area (TPSA) is 103 Å². The maximum atomic E-state index is 10.7. The van der Waals surface area contributed by atoms with E-state index in [9.17, 15) is 4.79 Å². The van der Waals surface area contributed by atoms with Gasteiger partial charge in [0.2, 0.25) is 17.8 Å². The predicted molar refractivity (Wildman–Crippen MR) is 82.9 cm³/mol. The Morgan fingerprint density at radius 1 is 1.24 bits per heavy atom. The van der Waals surface area contributed by atoms with Crippen molar-refractivity contribution in [3.63, 3.8) is 0 Å². The van der Waals surface area contributed by atoms with Crippen LogP contribution in [0.15, 0.2) is 0 Å². The average Bonchev–Trinajstić information content (AvgIpc) is 2.33. The van der Waals surface area contributed by atoms with Gasteiger partial charge < -0.3 is 20.6 Å². The number of nitrogens with zero attached hydrogens (tertiary/aromatic N) is 4. The van der Waals surface area contributed by atoms with Crippen LogP contribution in [0.4, 0.5) is 17.8 Å². The van der Waals surface area contributed by atoms with Crippen LogP contribution in [0.2, 0.25) is 0 Å². The normalized spacial score (nSPS) is 11.1. The largest absolute Gasteiger partial charge is 0.481 e. The molecule has 0 bridgehead atoms. The van der Waals surface area contributed by atoms with Gasteiger partial charge in [-0.3, -0.25) is 4.79 Å². The molecule has 3 N–H and O–H groups in total. The molecule has 0 saturated carbocycles. The highest BCUT2D eigenvalue weighted by molar-refractivity contribution is 5.67. The monoisotopic (exact) mass is 296 g/mol. The van der Waals surface area contributed by atoms with E-state index in [1.54, 1.807) is 11.9 Å². The number of hydrogen-bond acceptors (Lipinski definition) is 7. The number of carbonyl (C=O) groups is 1. The van der Waals surface area contributed by atoms with Crippen molar-refractivity contribution in [1.82, 2.24) is 15.0 Å². The minimum absolute atomic E-state index is 0.0285. The zero-order chi connectivity index (χ0) is 16.0. The molecule has 0 aromatic carbocycles. The molecule has 0 unspecified atom stereocenters. The van der Waals surface area contributed by atoms with Crippen LogP contribution >= 0.6 is 0 Å². The number of aromatic nitrogens is 3. The van der Waals surface area contributed by atoms with Gasteiger partial charge in [0, 0.05) is 25.7 Å². The Labute approximate surface area is 125 Å². The molecule has 0 fully saturated rings. The van der Waals surface area contributed by atoms with Gasteiger partial charge >= 0.3 is 5.97 Å². The summed E-state index contributed by atoms with van der Waals surface area (Å²) in [6, 6.07) is 0. The lowest BCUT2D eigenvalue weighted by Crippen LogP contribution is -2.29. The standard InChI is InChI=1S/C13H24N6O2/c1-6-14-10-15-11(18-13(2,3)4)17-12(16-10)19(5)8-7-9(20)21/h6-8H2,1-5H3,(H,20,21)(H2,14,15,16,17,18). The third-order valence-electron chi connectivity index (χ3n) is 2.45. The van der Waals surface area contributed by atoms with Crippen molar-refractivity contribution in [1.29, 1.82) is 0 Å². The summed E-state index contributed by atoms with van der Waals surface area (Å²) in [5.74, 6) is 0.520. The summed E-state index contributed by atoms with van der Waals surface area (Å²) >= 11 is 0. The van der Waals surface area contributed by atoms with E-state index in [1.807, 2.05) is 27.7 Å². The minimum atomic E-state index is -0.851. The molecule has 0 amide bonds. The zero-order valence-electron chi connectivity index (χ0n) is 13.3. The van der Waals surface area contributed by atoms with E-state index >= 15 is 0 Å². The smallest absolute Gasteiger partial charge is 0.305 e.